The summed E-state index contributed by atoms with van der Waals surface area (Å²) >= 11 is 0. The molecule has 19 heavy (non-hydrogen) atoms. The molecule has 0 saturated heterocycles. The van der Waals surface area contributed by atoms with Crippen LogP contribution in [-0.4, -0.2) is 24.4 Å². The highest BCUT2D eigenvalue weighted by Gasteiger charge is 2.26. The molecule has 1 aliphatic carbocycles. The van der Waals surface area contributed by atoms with Gasteiger partial charge in [-0.1, -0.05) is 34.6 Å². The Morgan fingerprint density at radius 2 is 1.74 bits per heavy atom. The number of hydrogen-bond donors (Lipinski definition) is 2. The van der Waals surface area contributed by atoms with Gasteiger partial charge in [-0.25, -0.2) is 0 Å². The lowest BCUT2D eigenvalue weighted by Gasteiger charge is -2.29. The van der Waals surface area contributed by atoms with Crippen molar-refractivity contribution >= 4 is 5.78 Å². The summed E-state index contributed by atoms with van der Waals surface area (Å²) in [5, 5.41) is 3.34. The van der Waals surface area contributed by atoms with Gasteiger partial charge < -0.3 is 11.1 Å². The number of carbonyl (C=O) groups is 1. The van der Waals surface area contributed by atoms with E-state index in [1.165, 1.54) is 12.8 Å². The van der Waals surface area contributed by atoms with Crippen LogP contribution in [0.25, 0.3) is 0 Å². The maximum Gasteiger partial charge on any atom is 0.152 e. The summed E-state index contributed by atoms with van der Waals surface area (Å²) in [6.07, 6.45) is 5.62. The lowest BCUT2D eigenvalue weighted by Crippen LogP contribution is -2.41. The zero-order valence-electron chi connectivity index (χ0n) is 13.5. The quantitative estimate of drug-likeness (QED) is 0.779. The molecule has 0 spiro atoms. The highest BCUT2D eigenvalue weighted by Crippen LogP contribution is 2.27. The molecular weight excluding hydrogens is 236 g/mol. The number of nitrogens with two attached hydrogens (primary N) is 1. The molecule has 0 aromatic rings. The molecule has 0 heterocycles. The van der Waals surface area contributed by atoms with Gasteiger partial charge in [0.2, 0.25) is 0 Å². The van der Waals surface area contributed by atoms with Crippen LogP contribution in [0.15, 0.2) is 0 Å². The Kier molecular flexibility index (Phi) is 10.2. The first kappa shape index (κ1) is 18.6. The number of ketones is 1. The van der Waals surface area contributed by atoms with Crippen molar-refractivity contribution in [3.05, 3.63) is 0 Å². The van der Waals surface area contributed by atoms with Crippen molar-refractivity contribution in [2.24, 2.45) is 17.6 Å². The van der Waals surface area contributed by atoms with Gasteiger partial charge in [0.1, 0.15) is 0 Å². The third-order valence-electron chi connectivity index (χ3n) is 3.82. The fourth-order valence-electron chi connectivity index (χ4n) is 2.71. The first-order chi connectivity index (χ1) is 9.04. The van der Waals surface area contributed by atoms with Crippen molar-refractivity contribution in [1.82, 2.24) is 5.32 Å². The Morgan fingerprint density at radius 3 is 2.16 bits per heavy atom. The summed E-state index contributed by atoms with van der Waals surface area (Å²) in [5.74, 6) is 1.17. The van der Waals surface area contributed by atoms with E-state index in [4.69, 9.17) is 5.73 Å². The Morgan fingerprint density at radius 1 is 1.21 bits per heavy atom. The predicted octanol–water partition coefficient (Wildman–Crippen LogP) is 3.12. The second-order valence-corrected chi connectivity index (χ2v) is 5.68. The fourth-order valence-corrected chi connectivity index (χ4v) is 2.71. The number of hydrogen-bond acceptors (Lipinski definition) is 3. The zero-order valence-corrected chi connectivity index (χ0v) is 13.5. The number of nitrogens with one attached hydrogen (secondary N) is 1. The largest absolute Gasteiger partial charge is 0.328 e. The molecule has 1 atom stereocenters. The van der Waals surface area contributed by atoms with Crippen molar-refractivity contribution in [1.29, 1.82) is 0 Å². The highest BCUT2D eigenvalue weighted by atomic mass is 16.1. The Bertz CT molecular complexity index is 233. The van der Waals surface area contributed by atoms with E-state index in [0.717, 1.165) is 25.8 Å². The van der Waals surface area contributed by atoms with Crippen molar-refractivity contribution in [2.45, 2.75) is 78.8 Å². The third-order valence-corrected chi connectivity index (χ3v) is 3.82. The van der Waals surface area contributed by atoms with Gasteiger partial charge in [0, 0.05) is 12.0 Å². The molecular formula is C16H34N2O. The van der Waals surface area contributed by atoms with Gasteiger partial charge in [0.25, 0.3) is 0 Å². The second-order valence-electron chi connectivity index (χ2n) is 5.68. The Hall–Kier alpha value is -0.410. The number of rotatable bonds is 6. The molecule has 0 radical (unpaired) electrons. The molecule has 0 bridgehead atoms. The highest BCUT2D eigenvalue weighted by molar-refractivity contribution is 5.85. The molecule has 3 nitrogen and oxygen atoms in total. The molecule has 3 heteroatoms. The number of carbonyl (C=O) groups excluding carboxylic acids is 1. The van der Waals surface area contributed by atoms with E-state index in [9.17, 15) is 4.79 Å². The maximum absolute atomic E-state index is 12.1. The predicted molar refractivity (Wildman–Crippen MR) is 83.2 cm³/mol. The van der Waals surface area contributed by atoms with Gasteiger partial charge in [-0.3, -0.25) is 4.79 Å². The molecule has 1 aliphatic rings. The van der Waals surface area contributed by atoms with Gasteiger partial charge in [-0.15, -0.1) is 0 Å². The van der Waals surface area contributed by atoms with Crippen LogP contribution in [0.3, 0.4) is 0 Å². The molecule has 0 aromatic carbocycles. The summed E-state index contributed by atoms with van der Waals surface area (Å²) in [5.41, 5.74) is 5.91. The van der Waals surface area contributed by atoms with Crippen LogP contribution in [-0.2, 0) is 4.79 Å². The van der Waals surface area contributed by atoms with E-state index in [0.29, 0.717) is 17.7 Å². The van der Waals surface area contributed by atoms with Crippen LogP contribution >= 0.6 is 0 Å². The SMILES string of the molecule is CC.CCNC(CC1CCC(N)CC1)C(=O)C(C)C. The molecule has 3 N–H and O–H groups in total. The van der Waals surface area contributed by atoms with Crippen molar-refractivity contribution in [3.63, 3.8) is 0 Å². The molecule has 0 aromatic heterocycles. The lowest BCUT2D eigenvalue weighted by atomic mass is 9.81. The van der Waals surface area contributed by atoms with Crippen LogP contribution < -0.4 is 11.1 Å². The van der Waals surface area contributed by atoms with Crippen LogP contribution in [0, 0.1) is 11.8 Å². The van der Waals surface area contributed by atoms with Crippen molar-refractivity contribution in [3.8, 4) is 0 Å². The van der Waals surface area contributed by atoms with Gasteiger partial charge in [0.05, 0.1) is 6.04 Å². The van der Waals surface area contributed by atoms with Crippen molar-refractivity contribution in [2.75, 3.05) is 6.54 Å². The number of Topliss-reactive ketones (excluding diaryl/α,β-unsaturated/α-hetero) is 1. The lowest BCUT2D eigenvalue weighted by molar-refractivity contribution is -0.124. The molecule has 1 unspecified atom stereocenters. The monoisotopic (exact) mass is 270 g/mol. The van der Waals surface area contributed by atoms with E-state index >= 15 is 0 Å². The van der Waals surface area contributed by atoms with Crippen LogP contribution in [0.5, 0.6) is 0 Å². The molecule has 1 saturated carbocycles. The normalized spacial score (nSPS) is 24.6. The van der Waals surface area contributed by atoms with Gasteiger partial charge >= 0.3 is 0 Å². The summed E-state index contributed by atoms with van der Waals surface area (Å²) in [4.78, 5) is 12.1. The molecule has 1 rings (SSSR count). The Balaban J connectivity index is 0.00000154. The minimum Gasteiger partial charge on any atom is -0.328 e. The maximum atomic E-state index is 12.1. The van der Waals surface area contributed by atoms with E-state index in [-0.39, 0.29) is 12.0 Å². The zero-order chi connectivity index (χ0) is 14.8. The summed E-state index contributed by atoms with van der Waals surface area (Å²) in [7, 11) is 0. The minimum absolute atomic E-state index is 0.0549. The van der Waals surface area contributed by atoms with E-state index in [1.807, 2.05) is 27.7 Å². The molecule has 0 amide bonds. The minimum atomic E-state index is 0.0549. The van der Waals surface area contributed by atoms with Crippen molar-refractivity contribution < 1.29 is 4.79 Å². The number of likely N-dealkylation sites (N-methyl/N-ethyl adjacent to an activating group) is 1. The van der Waals surface area contributed by atoms with Gasteiger partial charge in [-0.05, 0) is 44.6 Å². The average Bonchev–Trinajstić information content (AvgIpc) is 2.42. The summed E-state index contributed by atoms with van der Waals surface area (Å²) in [6.45, 7) is 10.9. The van der Waals surface area contributed by atoms with Crippen LogP contribution in [0.2, 0.25) is 0 Å². The Labute approximate surface area is 119 Å². The first-order valence-electron chi connectivity index (χ1n) is 8.07. The standard InChI is InChI=1S/C14H28N2O.C2H6/c1-4-16-13(14(17)10(2)3)9-11-5-7-12(15)8-6-11;1-2/h10-13,16H,4-9,15H2,1-3H3;1-2H3. The smallest absolute Gasteiger partial charge is 0.152 e. The molecule has 0 aliphatic heterocycles. The van der Waals surface area contributed by atoms with Crippen LogP contribution in [0.4, 0.5) is 0 Å². The topological polar surface area (TPSA) is 55.1 Å². The van der Waals surface area contributed by atoms with Gasteiger partial charge in [0.15, 0.2) is 5.78 Å². The molecule has 1 fully saturated rings. The average molecular weight is 270 g/mol. The fraction of sp³-hybridized carbons (Fsp3) is 0.938. The van der Waals surface area contributed by atoms with Gasteiger partial charge in [-0.2, -0.15) is 0 Å². The van der Waals surface area contributed by atoms with E-state index < -0.39 is 0 Å². The molecule has 114 valence electrons. The summed E-state index contributed by atoms with van der Waals surface area (Å²) in [6, 6.07) is 0.448. The van der Waals surface area contributed by atoms with E-state index in [1.54, 1.807) is 0 Å². The summed E-state index contributed by atoms with van der Waals surface area (Å²) < 4.78 is 0. The first-order valence-corrected chi connectivity index (χ1v) is 8.07. The van der Waals surface area contributed by atoms with E-state index in [2.05, 4.69) is 12.2 Å². The third kappa shape index (κ3) is 7.07. The van der Waals surface area contributed by atoms with Crippen LogP contribution in [0.1, 0.15) is 66.7 Å². The second kappa shape index (κ2) is 10.4.